The summed E-state index contributed by atoms with van der Waals surface area (Å²) >= 11 is 0. The summed E-state index contributed by atoms with van der Waals surface area (Å²) in [5, 5.41) is 3.54. The van der Waals surface area contributed by atoms with E-state index >= 15 is 0 Å². The van der Waals surface area contributed by atoms with Crippen molar-refractivity contribution in [2.45, 2.75) is 45.4 Å². The number of hydrogen-bond acceptors (Lipinski definition) is 4. The summed E-state index contributed by atoms with van der Waals surface area (Å²) in [7, 11) is 1.73. The quantitative estimate of drug-likeness (QED) is 0.905. The summed E-state index contributed by atoms with van der Waals surface area (Å²) in [6.45, 7) is 6.94. The van der Waals surface area contributed by atoms with Crippen LogP contribution in [0.15, 0.2) is 12.1 Å². The van der Waals surface area contributed by atoms with Crippen molar-refractivity contribution in [1.82, 2.24) is 5.32 Å². The fourth-order valence-corrected chi connectivity index (χ4v) is 3.25. The Hall–Kier alpha value is -1.26. The molecule has 1 saturated heterocycles. The van der Waals surface area contributed by atoms with E-state index in [1.807, 2.05) is 0 Å². The van der Waals surface area contributed by atoms with Crippen molar-refractivity contribution >= 4 is 0 Å². The maximum Gasteiger partial charge on any atom is 0.123 e. The van der Waals surface area contributed by atoms with Crippen LogP contribution in [0.25, 0.3) is 0 Å². The van der Waals surface area contributed by atoms with Crippen LogP contribution in [-0.4, -0.2) is 32.5 Å². The predicted octanol–water partition coefficient (Wildman–Crippen LogP) is 2.53. The minimum atomic E-state index is 0.268. The van der Waals surface area contributed by atoms with Crippen LogP contribution in [0.4, 0.5) is 0 Å². The van der Waals surface area contributed by atoms with Gasteiger partial charge in [0.2, 0.25) is 0 Å². The Balaban J connectivity index is 1.63. The molecule has 1 aromatic carbocycles. The monoisotopic (exact) mass is 291 g/mol. The second kappa shape index (κ2) is 6.24. The molecule has 1 fully saturated rings. The zero-order valence-corrected chi connectivity index (χ0v) is 13.1. The van der Waals surface area contributed by atoms with E-state index in [2.05, 4.69) is 31.3 Å². The fourth-order valence-electron chi connectivity index (χ4n) is 3.25. The Bertz CT molecular complexity index is 503. The average Bonchev–Trinajstić information content (AvgIpc) is 3.02. The molecule has 2 aliphatic rings. The Morgan fingerprint density at radius 1 is 1.33 bits per heavy atom. The Kier molecular flexibility index (Phi) is 4.36. The minimum absolute atomic E-state index is 0.268. The molecule has 0 aliphatic carbocycles. The second-order valence-electron chi connectivity index (χ2n) is 6.16. The van der Waals surface area contributed by atoms with Gasteiger partial charge < -0.3 is 19.5 Å². The average molecular weight is 291 g/mol. The van der Waals surface area contributed by atoms with Gasteiger partial charge in [0.05, 0.1) is 13.2 Å². The maximum atomic E-state index is 5.84. The van der Waals surface area contributed by atoms with E-state index in [1.54, 1.807) is 7.11 Å². The molecule has 0 radical (unpaired) electrons. The first-order chi connectivity index (χ1) is 10.2. The van der Waals surface area contributed by atoms with E-state index in [1.165, 1.54) is 5.56 Å². The molecule has 4 nitrogen and oxygen atoms in total. The lowest BCUT2D eigenvalue weighted by atomic mass is 10.0. The van der Waals surface area contributed by atoms with E-state index < -0.39 is 0 Å². The highest BCUT2D eigenvalue weighted by molar-refractivity contribution is 5.48. The van der Waals surface area contributed by atoms with Crippen LogP contribution < -0.4 is 14.8 Å². The first-order valence-corrected chi connectivity index (χ1v) is 7.86. The largest absolute Gasteiger partial charge is 0.496 e. The van der Waals surface area contributed by atoms with Gasteiger partial charge in [-0.2, -0.15) is 0 Å². The third-order valence-electron chi connectivity index (χ3n) is 4.55. The molecule has 0 bridgehead atoms. The SMILES string of the molecule is COc1cc2c(cc1CNCC1CCOC1C)OC(C)C2. The summed E-state index contributed by atoms with van der Waals surface area (Å²) < 4.78 is 17.0. The lowest BCUT2D eigenvalue weighted by Gasteiger charge is -2.16. The molecular weight excluding hydrogens is 266 g/mol. The van der Waals surface area contributed by atoms with Crippen molar-refractivity contribution in [3.63, 3.8) is 0 Å². The highest BCUT2D eigenvalue weighted by Gasteiger charge is 2.24. The molecule has 2 aliphatic heterocycles. The highest BCUT2D eigenvalue weighted by atomic mass is 16.5. The van der Waals surface area contributed by atoms with E-state index in [-0.39, 0.29) is 6.10 Å². The summed E-state index contributed by atoms with van der Waals surface area (Å²) in [6.07, 6.45) is 2.75. The number of nitrogens with one attached hydrogen (secondary N) is 1. The van der Waals surface area contributed by atoms with Gasteiger partial charge in [-0.3, -0.25) is 0 Å². The summed E-state index contributed by atoms with van der Waals surface area (Å²) in [5.74, 6) is 2.58. The van der Waals surface area contributed by atoms with Crippen LogP contribution in [0.5, 0.6) is 11.5 Å². The molecule has 3 rings (SSSR count). The molecule has 3 unspecified atom stereocenters. The summed E-state index contributed by atoms with van der Waals surface area (Å²) in [6, 6.07) is 4.25. The van der Waals surface area contributed by atoms with E-state index in [0.717, 1.165) is 49.6 Å². The Labute approximate surface area is 126 Å². The number of benzene rings is 1. The van der Waals surface area contributed by atoms with Crippen LogP contribution in [0.2, 0.25) is 0 Å². The molecule has 2 heterocycles. The number of rotatable bonds is 5. The van der Waals surface area contributed by atoms with Crippen molar-refractivity contribution in [2.24, 2.45) is 5.92 Å². The predicted molar refractivity (Wildman–Crippen MR) is 82.0 cm³/mol. The maximum absolute atomic E-state index is 5.84. The standard InChI is InChI=1S/C17H25NO3/c1-11-6-14-7-16(19-3)15(8-17(14)21-11)10-18-9-13-4-5-20-12(13)2/h7-8,11-13,18H,4-6,9-10H2,1-3H3. The van der Waals surface area contributed by atoms with E-state index in [9.17, 15) is 0 Å². The zero-order chi connectivity index (χ0) is 14.8. The van der Waals surface area contributed by atoms with Gasteiger partial charge >= 0.3 is 0 Å². The highest BCUT2D eigenvalue weighted by Crippen LogP contribution is 2.35. The number of ether oxygens (including phenoxy) is 3. The van der Waals surface area contributed by atoms with Gasteiger partial charge in [0.1, 0.15) is 17.6 Å². The van der Waals surface area contributed by atoms with Crippen LogP contribution in [0, 0.1) is 5.92 Å². The van der Waals surface area contributed by atoms with Crippen molar-refractivity contribution < 1.29 is 14.2 Å². The number of methoxy groups -OCH3 is 1. The van der Waals surface area contributed by atoms with Gasteiger partial charge in [0.25, 0.3) is 0 Å². The summed E-state index contributed by atoms with van der Waals surface area (Å²) in [5.41, 5.74) is 2.41. The van der Waals surface area contributed by atoms with Gasteiger partial charge in [-0.15, -0.1) is 0 Å². The van der Waals surface area contributed by atoms with Gasteiger partial charge in [-0.1, -0.05) is 0 Å². The van der Waals surface area contributed by atoms with Crippen LogP contribution >= 0.6 is 0 Å². The second-order valence-corrected chi connectivity index (χ2v) is 6.16. The molecule has 1 aromatic rings. The number of hydrogen-bond donors (Lipinski definition) is 1. The van der Waals surface area contributed by atoms with E-state index in [0.29, 0.717) is 12.0 Å². The van der Waals surface area contributed by atoms with Crippen LogP contribution in [-0.2, 0) is 17.7 Å². The van der Waals surface area contributed by atoms with Gasteiger partial charge in [-0.25, -0.2) is 0 Å². The number of fused-ring (bicyclic) bond motifs is 1. The van der Waals surface area contributed by atoms with Gasteiger partial charge in [0.15, 0.2) is 0 Å². The van der Waals surface area contributed by atoms with Crippen molar-refractivity contribution in [2.75, 3.05) is 20.3 Å². The van der Waals surface area contributed by atoms with Gasteiger partial charge in [-0.05, 0) is 38.3 Å². The minimum Gasteiger partial charge on any atom is -0.496 e. The smallest absolute Gasteiger partial charge is 0.123 e. The Morgan fingerprint density at radius 2 is 2.19 bits per heavy atom. The molecular formula is C17H25NO3. The molecule has 116 valence electrons. The normalized spacial score (nSPS) is 27.5. The summed E-state index contributed by atoms with van der Waals surface area (Å²) in [4.78, 5) is 0. The third-order valence-corrected chi connectivity index (χ3v) is 4.55. The molecule has 1 N–H and O–H groups in total. The van der Waals surface area contributed by atoms with Crippen molar-refractivity contribution in [1.29, 1.82) is 0 Å². The molecule has 4 heteroatoms. The third kappa shape index (κ3) is 3.16. The molecule has 0 aromatic heterocycles. The molecule has 0 amide bonds. The van der Waals surface area contributed by atoms with Gasteiger partial charge in [0, 0.05) is 37.2 Å². The van der Waals surface area contributed by atoms with E-state index in [4.69, 9.17) is 14.2 Å². The van der Waals surface area contributed by atoms with Crippen LogP contribution in [0.3, 0.4) is 0 Å². The zero-order valence-electron chi connectivity index (χ0n) is 13.1. The van der Waals surface area contributed by atoms with Crippen LogP contribution in [0.1, 0.15) is 31.4 Å². The lowest BCUT2D eigenvalue weighted by Crippen LogP contribution is -2.26. The molecule has 0 spiro atoms. The lowest BCUT2D eigenvalue weighted by molar-refractivity contribution is 0.105. The first-order valence-electron chi connectivity index (χ1n) is 7.86. The topological polar surface area (TPSA) is 39.7 Å². The fraction of sp³-hybridized carbons (Fsp3) is 0.647. The van der Waals surface area contributed by atoms with Crippen molar-refractivity contribution in [3.8, 4) is 11.5 Å². The Morgan fingerprint density at radius 3 is 2.90 bits per heavy atom. The molecule has 3 atom stereocenters. The first kappa shape index (κ1) is 14.7. The van der Waals surface area contributed by atoms with Crippen molar-refractivity contribution in [3.05, 3.63) is 23.3 Å². The molecule has 0 saturated carbocycles. The molecule has 21 heavy (non-hydrogen) atoms.